The highest BCUT2D eigenvalue weighted by Gasteiger charge is 2.63. The first kappa shape index (κ1) is 7.26. The van der Waals surface area contributed by atoms with Crippen molar-refractivity contribution in [2.45, 2.75) is 26.2 Å². The van der Waals surface area contributed by atoms with Gasteiger partial charge in [0.1, 0.15) is 0 Å². The molecule has 11 heavy (non-hydrogen) atoms. The number of fused-ring (bicyclic) bond motifs is 2. The second-order valence-corrected chi connectivity index (χ2v) is 4.18. The molecule has 0 amide bonds. The van der Waals surface area contributed by atoms with Gasteiger partial charge in [-0.1, -0.05) is 26.0 Å². The summed E-state index contributed by atoms with van der Waals surface area (Å²) in [5.74, 6) is -2.86. The van der Waals surface area contributed by atoms with Crippen molar-refractivity contribution in [2.75, 3.05) is 0 Å². The lowest BCUT2D eigenvalue weighted by Gasteiger charge is -2.34. The molecule has 0 radical (unpaired) electrons. The molecule has 2 rings (SSSR count). The first-order chi connectivity index (χ1) is 4.96. The van der Waals surface area contributed by atoms with E-state index in [1.807, 2.05) is 6.08 Å². The van der Waals surface area contributed by atoms with Crippen molar-refractivity contribution < 1.29 is 8.78 Å². The monoisotopic (exact) mass is 158 g/mol. The van der Waals surface area contributed by atoms with Crippen molar-refractivity contribution in [1.82, 2.24) is 0 Å². The SMILES string of the molecule is CC1(C)C2C=CC(C2)C1(F)F. The molecule has 0 N–H and O–H groups in total. The lowest BCUT2D eigenvalue weighted by molar-refractivity contribution is -0.114. The van der Waals surface area contributed by atoms with Crippen LogP contribution in [0, 0.1) is 17.3 Å². The fourth-order valence-corrected chi connectivity index (χ4v) is 2.23. The lowest BCUT2D eigenvalue weighted by atomic mass is 9.77. The molecule has 2 aliphatic rings. The summed E-state index contributed by atoms with van der Waals surface area (Å²) in [5, 5.41) is 0. The summed E-state index contributed by atoms with van der Waals surface area (Å²) in [5.41, 5.74) is -0.813. The summed E-state index contributed by atoms with van der Waals surface area (Å²) < 4.78 is 26.7. The molecule has 2 unspecified atom stereocenters. The fourth-order valence-electron chi connectivity index (χ4n) is 2.23. The normalized spacial score (nSPS) is 43.3. The highest BCUT2D eigenvalue weighted by atomic mass is 19.3. The van der Waals surface area contributed by atoms with Crippen LogP contribution in [0.1, 0.15) is 20.3 Å². The summed E-state index contributed by atoms with van der Waals surface area (Å²) in [6.45, 7) is 3.34. The van der Waals surface area contributed by atoms with Gasteiger partial charge in [0, 0.05) is 11.3 Å². The van der Waals surface area contributed by atoms with E-state index in [2.05, 4.69) is 0 Å². The molecule has 2 heteroatoms. The molecule has 1 saturated carbocycles. The second-order valence-electron chi connectivity index (χ2n) is 4.18. The van der Waals surface area contributed by atoms with Crippen LogP contribution < -0.4 is 0 Å². The van der Waals surface area contributed by atoms with Crippen molar-refractivity contribution in [2.24, 2.45) is 17.3 Å². The van der Waals surface area contributed by atoms with Gasteiger partial charge in [-0.15, -0.1) is 0 Å². The second kappa shape index (κ2) is 1.67. The van der Waals surface area contributed by atoms with Gasteiger partial charge in [0.25, 0.3) is 5.92 Å². The van der Waals surface area contributed by atoms with Gasteiger partial charge in [0.05, 0.1) is 0 Å². The molecule has 1 fully saturated rings. The van der Waals surface area contributed by atoms with Crippen LogP contribution in [-0.2, 0) is 0 Å². The van der Waals surface area contributed by atoms with E-state index < -0.39 is 17.3 Å². The maximum absolute atomic E-state index is 13.4. The number of alkyl halides is 2. The minimum absolute atomic E-state index is 0.0995. The van der Waals surface area contributed by atoms with E-state index in [9.17, 15) is 8.78 Å². The van der Waals surface area contributed by atoms with Gasteiger partial charge in [-0.2, -0.15) is 0 Å². The molecule has 2 aliphatic carbocycles. The van der Waals surface area contributed by atoms with Crippen LogP contribution in [-0.4, -0.2) is 5.92 Å². The molecule has 2 atom stereocenters. The lowest BCUT2D eigenvalue weighted by Crippen LogP contribution is -2.39. The number of rotatable bonds is 0. The average Bonchev–Trinajstić information content (AvgIpc) is 2.37. The largest absolute Gasteiger partial charge is 0.259 e. The van der Waals surface area contributed by atoms with E-state index >= 15 is 0 Å². The first-order valence-corrected chi connectivity index (χ1v) is 4.02. The first-order valence-electron chi connectivity index (χ1n) is 4.02. The van der Waals surface area contributed by atoms with Crippen molar-refractivity contribution in [1.29, 1.82) is 0 Å². The van der Waals surface area contributed by atoms with Crippen LogP contribution in [0.3, 0.4) is 0 Å². The van der Waals surface area contributed by atoms with E-state index in [0.29, 0.717) is 6.42 Å². The Morgan fingerprint density at radius 3 is 2.00 bits per heavy atom. The molecule has 0 nitrogen and oxygen atoms in total. The number of hydrogen-bond donors (Lipinski definition) is 0. The van der Waals surface area contributed by atoms with E-state index in [-0.39, 0.29) is 5.92 Å². The molecular weight excluding hydrogens is 146 g/mol. The third-order valence-corrected chi connectivity index (χ3v) is 3.34. The standard InChI is InChI=1S/C9H12F2/c1-8(2)6-3-4-7(5-6)9(8,10)11/h3-4,6-7H,5H2,1-2H3. The van der Waals surface area contributed by atoms with Crippen LogP contribution in [0.25, 0.3) is 0 Å². The van der Waals surface area contributed by atoms with Crippen molar-refractivity contribution >= 4 is 0 Å². The molecule has 62 valence electrons. The van der Waals surface area contributed by atoms with Gasteiger partial charge in [0.15, 0.2) is 0 Å². The predicted molar refractivity (Wildman–Crippen MR) is 39.5 cm³/mol. The molecule has 0 saturated heterocycles. The van der Waals surface area contributed by atoms with E-state index in [0.717, 1.165) is 0 Å². The summed E-state index contributed by atoms with van der Waals surface area (Å²) in [4.78, 5) is 0. The highest BCUT2D eigenvalue weighted by Crippen LogP contribution is 2.60. The summed E-state index contributed by atoms with van der Waals surface area (Å²) >= 11 is 0. The summed E-state index contributed by atoms with van der Waals surface area (Å²) in [7, 11) is 0. The number of allylic oxidation sites excluding steroid dienone is 2. The van der Waals surface area contributed by atoms with Gasteiger partial charge in [-0.3, -0.25) is 0 Å². The van der Waals surface area contributed by atoms with Crippen molar-refractivity contribution in [3.63, 3.8) is 0 Å². The number of hydrogen-bond acceptors (Lipinski definition) is 0. The van der Waals surface area contributed by atoms with Crippen LogP contribution in [0.2, 0.25) is 0 Å². The van der Waals surface area contributed by atoms with Crippen LogP contribution in [0.4, 0.5) is 8.78 Å². The Bertz CT molecular complexity index is 194. The zero-order chi connectivity index (χ0) is 8.28. The maximum Gasteiger partial charge on any atom is 0.259 e. The molecule has 0 aliphatic heterocycles. The third-order valence-electron chi connectivity index (χ3n) is 3.34. The Morgan fingerprint density at radius 1 is 1.18 bits per heavy atom. The smallest absolute Gasteiger partial charge is 0.206 e. The summed E-state index contributed by atoms with van der Waals surface area (Å²) in [6, 6.07) is 0. The quantitative estimate of drug-likeness (QED) is 0.475. The average molecular weight is 158 g/mol. The number of halogens is 2. The molecule has 0 aromatic rings. The van der Waals surface area contributed by atoms with Gasteiger partial charge in [0.2, 0.25) is 0 Å². The molecule has 0 spiro atoms. The Labute approximate surface area is 65.3 Å². The van der Waals surface area contributed by atoms with Crippen LogP contribution in [0.5, 0.6) is 0 Å². The van der Waals surface area contributed by atoms with Crippen molar-refractivity contribution in [3.8, 4) is 0 Å². The molecule has 2 bridgehead atoms. The Morgan fingerprint density at radius 2 is 1.73 bits per heavy atom. The van der Waals surface area contributed by atoms with E-state index in [4.69, 9.17) is 0 Å². The minimum Gasteiger partial charge on any atom is -0.206 e. The van der Waals surface area contributed by atoms with Crippen LogP contribution in [0.15, 0.2) is 12.2 Å². The maximum atomic E-state index is 13.4. The third kappa shape index (κ3) is 0.633. The Kier molecular flexibility index (Phi) is 1.10. The van der Waals surface area contributed by atoms with Crippen LogP contribution >= 0.6 is 0 Å². The van der Waals surface area contributed by atoms with E-state index in [1.54, 1.807) is 19.9 Å². The summed E-state index contributed by atoms with van der Waals surface area (Å²) in [6.07, 6.45) is 4.28. The predicted octanol–water partition coefficient (Wildman–Crippen LogP) is 2.85. The molecule has 0 aromatic heterocycles. The van der Waals surface area contributed by atoms with Gasteiger partial charge < -0.3 is 0 Å². The Balaban J connectivity index is 2.45. The van der Waals surface area contributed by atoms with E-state index in [1.165, 1.54) is 0 Å². The highest BCUT2D eigenvalue weighted by molar-refractivity contribution is 5.20. The fraction of sp³-hybridized carbons (Fsp3) is 0.778. The van der Waals surface area contributed by atoms with Gasteiger partial charge in [-0.25, -0.2) is 8.78 Å². The van der Waals surface area contributed by atoms with Crippen molar-refractivity contribution in [3.05, 3.63) is 12.2 Å². The molecular formula is C9H12F2. The Hall–Kier alpha value is -0.400. The zero-order valence-corrected chi connectivity index (χ0v) is 6.77. The molecule has 0 aromatic carbocycles. The zero-order valence-electron chi connectivity index (χ0n) is 6.77. The minimum atomic E-state index is -2.48. The van der Waals surface area contributed by atoms with Gasteiger partial charge in [-0.05, 0) is 12.3 Å². The van der Waals surface area contributed by atoms with Gasteiger partial charge >= 0.3 is 0 Å². The molecule has 0 heterocycles. The topological polar surface area (TPSA) is 0 Å².